The van der Waals surface area contributed by atoms with Crippen LogP contribution in [0.3, 0.4) is 0 Å². The van der Waals surface area contributed by atoms with Gasteiger partial charge in [0.1, 0.15) is 5.75 Å². The number of rotatable bonds is 4. The first-order chi connectivity index (χ1) is 12.5. The summed E-state index contributed by atoms with van der Waals surface area (Å²) in [6, 6.07) is 7.64. The first-order valence-electron chi connectivity index (χ1n) is 8.53. The van der Waals surface area contributed by atoms with E-state index >= 15 is 0 Å². The van der Waals surface area contributed by atoms with Crippen molar-refractivity contribution in [2.75, 3.05) is 20.2 Å². The molecule has 0 radical (unpaired) electrons. The summed E-state index contributed by atoms with van der Waals surface area (Å²) < 4.78 is 16.3. The lowest BCUT2D eigenvalue weighted by Gasteiger charge is -2.34. The Kier molecular flexibility index (Phi) is 5.37. The Morgan fingerprint density at radius 3 is 2.88 bits per heavy atom. The topological polar surface area (TPSA) is 77.7 Å². The molecule has 1 fully saturated rings. The maximum atomic E-state index is 12.8. The van der Waals surface area contributed by atoms with Gasteiger partial charge in [-0.25, -0.2) is 0 Å². The van der Waals surface area contributed by atoms with Gasteiger partial charge in [0.05, 0.1) is 19.8 Å². The van der Waals surface area contributed by atoms with E-state index in [1.54, 1.807) is 25.0 Å². The molecule has 2 atom stereocenters. The number of hydrogen-bond acceptors (Lipinski definition) is 6. The average molecular weight is 357 g/mol. The molecule has 1 saturated heterocycles. The molecule has 26 heavy (non-hydrogen) atoms. The Balaban J connectivity index is 1.75. The van der Waals surface area contributed by atoms with Crippen molar-refractivity contribution in [1.29, 1.82) is 0 Å². The van der Waals surface area contributed by atoms with Crippen LogP contribution in [0.15, 0.2) is 34.9 Å². The predicted molar refractivity (Wildman–Crippen MR) is 95.5 cm³/mol. The molecule has 7 heteroatoms. The third-order valence-corrected chi connectivity index (χ3v) is 4.26. The van der Waals surface area contributed by atoms with Gasteiger partial charge in [-0.1, -0.05) is 17.3 Å². The van der Waals surface area contributed by atoms with Crippen molar-refractivity contribution < 1.29 is 18.8 Å². The van der Waals surface area contributed by atoms with E-state index in [0.29, 0.717) is 24.8 Å². The third-order valence-electron chi connectivity index (χ3n) is 4.26. The summed E-state index contributed by atoms with van der Waals surface area (Å²) in [4.78, 5) is 18.7. The molecule has 1 amide bonds. The Bertz CT molecular complexity index is 815. The van der Waals surface area contributed by atoms with E-state index in [1.165, 1.54) is 0 Å². The predicted octanol–water partition coefficient (Wildman–Crippen LogP) is 2.78. The molecule has 1 aromatic carbocycles. The second-order valence-corrected chi connectivity index (χ2v) is 6.42. The van der Waals surface area contributed by atoms with Crippen LogP contribution in [0.25, 0.3) is 5.57 Å². The van der Waals surface area contributed by atoms with Crippen LogP contribution in [0, 0.1) is 6.92 Å². The Hall–Kier alpha value is -2.67. The van der Waals surface area contributed by atoms with E-state index in [2.05, 4.69) is 10.1 Å². The molecule has 138 valence electrons. The number of carbonyl (C=O) groups is 1. The van der Waals surface area contributed by atoms with Gasteiger partial charge in [-0.3, -0.25) is 4.79 Å². The van der Waals surface area contributed by atoms with Gasteiger partial charge >= 0.3 is 0 Å². The Morgan fingerprint density at radius 2 is 2.19 bits per heavy atom. The van der Waals surface area contributed by atoms with E-state index in [0.717, 1.165) is 16.9 Å². The highest BCUT2D eigenvalue weighted by atomic mass is 16.5. The zero-order chi connectivity index (χ0) is 18.7. The summed E-state index contributed by atoms with van der Waals surface area (Å²) in [5, 5.41) is 3.80. The number of hydrogen-bond donors (Lipinski definition) is 0. The van der Waals surface area contributed by atoms with Gasteiger partial charge in [-0.05, 0) is 44.0 Å². The normalized spacial score (nSPS) is 20.9. The highest BCUT2D eigenvalue weighted by molar-refractivity contribution is 5.95. The van der Waals surface area contributed by atoms with E-state index in [9.17, 15) is 4.79 Å². The summed E-state index contributed by atoms with van der Waals surface area (Å²) in [5.74, 6) is 1.64. The minimum absolute atomic E-state index is 0.0679. The molecule has 3 rings (SSSR count). The van der Waals surface area contributed by atoms with Crippen LogP contribution in [0.2, 0.25) is 0 Å². The summed E-state index contributed by atoms with van der Waals surface area (Å²) >= 11 is 0. The molecule has 0 aliphatic carbocycles. The van der Waals surface area contributed by atoms with Crippen LogP contribution in [-0.2, 0) is 9.53 Å². The van der Waals surface area contributed by atoms with Gasteiger partial charge in [0, 0.05) is 12.6 Å². The number of morpholine rings is 1. The maximum absolute atomic E-state index is 12.8. The number of ether oxygens (including phenoxy) is 2. The van der Waals surface area contributed by atoms with Gasteiger partial charge in [-0.15, -0.1) is 0 Å². The van der Waals surface area contributed by atoms with Crippen molar-refractivity contribution in [2.24, 2.45) is 0 Å². The van der Waals surface area contributed by atoms with Gasteiger partial charge in [0.2, 0.25) is 5.91 Å². The molecule has 1 aromatic heterocycles. The minimum Gasteiger partial charge on any atom is -0.497 e. The van der Waals surface area contributed by atoms with Crippen molar-refractivity contribution >= 4 is 11.5 Å². The second-order valence-electron chi connectivity index (χ2n) is 6.42. The number of methoxy groups -OCH3 is 1. The lowest BCUT2D eigenvalue weighted by atomic mass is 10.1. The molecule has 2 aromatic rings. The lowest BCUT2D eigenvalue weighted by molar-refractivity contribution is -0.141. The zero-order valence-electron chi connectivity index (χ0n) is 15.4. The summed E-state index contributed by atoms with van der Waals surface area (Å²) in [6.07, 6.45) is 1.12. The first-order valence-corrected chi connectivity index (χ1v) is 8.53. The third kappa shape index (κ3) is 4.11. The monoisotopic (exact) mass is 357 g/mol. The molecule has 0 N–H and O–H groups in total. The molecule has 7 nitrogen and oxygen atoms in total. The fourth-order valence-corrected chi connectivity index (χ4v) is 2.94. The van der Waals surface area contributed by atoms with Crippen molar-refractivity contribution in [3.05, 3.63) is 47.6 Å². The average Bonchev–Trinajstić information content (AvgIpc) is 3.07. The zero-order valence-corrected chi connectivity index (χ0v) is 15.4. The Labute approximate surface area is 152 Å². The van der Waals surface area contributed by atoms with Crippen molar-refractivity contribution in [3.63, 3.8) is 0 Å². The summed E-state index contributed by atoms with van der Waals surface area (Å²) in [7, 11) is 1.62. The van der Waals surface area contributed by atoms with E-state index in [1.807, 2.05) is 38.1 Å². The van der Waals surface area contributed by atoms with Crippen LogP contribution in [0.1, 0.15) is 37.2 Å². The second kappa shape index (κ2) is 7.70. The number of benzene rings is 1. The van der Waals surface area contributed by atoms with Gasteiger partial charge in [0.25, 0.3) is 5.89 Å². The maximum Gasteiger partial charge on any atom is 0.257 e. The van der Waals surface area contributed by atoms with Crippen LogP contribution in [0.5, 0.6) is 5.75 Å². The largest absolute Gasteiger partial charge is 0.497 e. The number of aromatic nitrogens is 2. The van der Waals surface area contributed by atoms with E-state index < -0.39 is 6.10 Å². The van der Waals surface area contributed by atoms with Crippen molar-refractivity contribution in [2.45, 2.75) is 33.0 Å². The molecule has 2 heterocycles. The smallest absolute Gasteiger partial charge is 0.257 e. The SMILES string of the molecule is COc1cccc(/C(C)=C/C(=O)N2C[C@@H](C)O[C@@H](c3nc(C)no3)C2)c1. The lowest BCUT2D eigenvalue weighted by Crippen LogP contribution is -2.45. The first kappa shape index (κ1) is 18.1. The highest BCUT2D eigenvalue weighted by Gasteiger charge is 2.32. The van der Waals surface area contributed by atoms with Crippen LogP contribution in [-0.4, -0.2) is 47.3 Å². The van der Waals surface area contributed by atoms with Crippen LogP contribution < -0.4 is 4.74 Å². The van der Waals surface area contributed by atoms with Crippen LogP contribution >= 0.6 is 0 Å². The molecule has 1 aliphatic heterocycles. The highest BCUT2D eigenvalue weighted by Crippen LogP contribution is 2.25. The molecule has 1 aliphatic rings. The molecule has 0 bridgehead atoms. The molecule has 0 saturated carbocycles. The van der Waals surface area contributed by atoms with Crippen molar-refractivity contribution in [1.82, 2.24) is 15.0 Å². The molecular formula is C19H23N3O4. The fraction of sp³-hybridized carbons (Fsp3) is 0.421. The van der Waals surface area contributed by atoms with Gasteiger partial charge < -0.3 is 18.9 Å². The quantitative estimate of drug-likeness (QED) is 0.783. The molecule has 0 spiro atoms. The minimum atomic E-state index is -0.408. The fourth-order valence-electron chi connectivity index (χ4n) is 2.94. The van der Waals surface area contributed by atoms with E-state index in [-0.39, 0.29) is 12.0 Å². The standard InChI is InChI=1S/C19H23N3O4/c1-12(15-6-5-7-16(9-15)24-4)8-18(23)22-10-13(2)25-17(11-22)19-20-14(3)21-26-19/h5-9,13,17H,10-11H2,1-4H3/b12-8+/t13-,17-/m1/s1. The number of amides is 1. The Morgan fingerprint density at radius 1 is 1.38 bits per heavy atom. The summed E-state index contributed by atoms with van der Waals surface area (Å²) in [6.45, 7) is 6.49. The number of carbonyl (C=O) groups excluding carboxylic acids is 1. The number of aryl methyl sites for hydroxylation is 1. The van der Waals surface area contributed by atoms with Gasteiger partial charge in [-0.2, -0.15) is 4.98 Å². The molecule has 0 unspecified atom stereocenters. The summed E-state index contributed by atoms with van der Waals surface area (Å²) in [5.41, 5.74) is 1.82. The molecular weight excluding hydrogens is 334 g/mol. The number of nitrogens with zero attached hydrogens (tertiary/aromatic N) is 3. The number of allylic oxidation sites excluding steroid dienone is 1. The van der Waals surface area contributed by atoms with Crippen molar-refractivity contribution in [3.8, 4) is 5.75 Å². The van der Waals surface area contributed by atoms with Gasteiger partial charge in [0.15, 0.2) is 11.9 Å². The van der Waals surface area contributed by atoms with E-state index in [4.69, 9.17) is 14.0 Å². The van der Waals surface area contributed by atoms with Crippen LogP contribution in [0.4, 0.5) is 0 Å².